The van der Waals surface area contributed by atoms with Crippen LogP contribution in [0.3, 0.4) is 0 Å². The van der Waals surface area contributed by atoms with E-state index >= 15 is 0 Å². The summed E-state index contributed by atoms with van der Waals surface area (Å²) >= 11 is 0. The summed E-state index contributed by atoms with van der Waals surface area (Å²) in [7, 11) is 0. The van der Waals surface area contributed by atoms with E-state index in [-0.39, 0.29) is 0 Å². The van der Waals surface area contributed by atoms with Crippen LogP contribution in [-0.2, 0) is 0 Å². The Morgan fingerprint density at radius 3 is 2.27 bits per heavy atom. The maximum atomic E-state index is 2.42. The number of hydrogen-bond acceptors (Lipinski definition) is 0. The summed E-state index contributed by atoms with van der Waals surface area (Å²) in [5, 5.41) is 0. The molecule has 0 N–H and O–H groups in total. The highest BCUT2D eigenvalue weighted by Gasteiger charge is 1.93. The first-order valence-electron chi connectivity index (χ1n) is 4.88. The van der Waals surface area contributed by atoms with Gasteiger partial charge in [-0.3, -0.25) is 0 Å². The summed E-state index contributed by atoms with van der Waals surface area (Å²) < 4.78 is 0. The topological polar surface area (TPSA) is 0 Å². The quantitative estimate of drug-likeness (QED) is 0.521. The van der Waals surface area contributed by atoms with Crippen LogP contribution < -0.4 is 0 Å². The van der Waals surface area contributed by atoms with Gasteiger partial charge in [-0.2, -0.15) is 0 Å². The van der Waals surface area contributed by atoms with Gasteiger partial charge in [-0.25, -0.2) is 0 Å². The van der Waals surface area contributed by atoms with Gasteiger partial charge < -0.3 is 0 Å². The van der Waals surface area contributed by atoms with Crippen LogP contribution in [-0.4, -0.2) is 0 Å². The molecule has 0 spiro atoms. The molecule has 11 heavy (non-hydrogen) atoms. The van der Waals surface area contributed by atoms with E-state index in [0.29, 0.717) is 0 Å². The van der Waals surface area contributed by atoms with Crippen molar-refractivity contribution in [2.75, 3.05) is 0 Å². The first-order chi connectivity index (χ1) is 5.20. The van der Waals surface area contributed by atoms with Crippen LogP contribution >= 0.6 is 0 Å². The SMILES string of the molecule is CCCC(=CCC(C)C)CC. The van der Waals surface area contributed by atoms with Gasteiger partial charge in [0.15, 0.2) is 0 Å². The van der Waals surface area contributed by atoms with Crippen molar-refractivity contribution in [3.05, 3.63) is 11.6 Å². The van der Waals surface area contributed by atoms with Crippen molar-refractivity contribution in [3.8, 4) is 0 Å². The molecule has 0 nitrogen and oxygen atoms in total. The Balaban J connectivity index is 3.70. The van der Waals surface area contributed by atoms with Gasteiger partial charge in [-0.1, -0.05) is 45.8 Å². The van der Waals surface area contributed by atoms with E-state index in [2.05, 4.69) is 33.8 Å². The van der Waals surface area contributed by atoms with Crippen molar-refractivity contribution in [1.29, 1.82) is 0 Å². The minimum absolute atomic E-state index is 0.813. The third-order valence-corrected chi connectivity index (χ3v) is 1.90. The van der Waals surface area contributed by atoms with Crippen LogP contribution in [0.5, 0.6) is 0 Å². The minimum Gasteiger partial charge on any atom is -0.0851 e. The summed E-state index contributed by atoms with van der Waals surface area (Å²) in [6, 6.07) is 0. The second-order valence-electron chi connectivity index (χ2n) is 3.60. The number of hydrogen-bond donors (Lipinski definition) is 0. The summed E-state index contributed by atoms with van der Waals surface area (Å²) in [5.41, 5.74) is 1.64. The van der Waals surface area contributed by atoms with Crippen LogP contribution in [0.15, 0.2) is 11.6 Å². The Bertz CT molecular complexity index is 109. The van der Waals surface area contributed by atoms with Crippen molar-refractivity contribution in [3.63, 3.8) is 0 Å². The van der Waals surface area contributed by atoms with E-state index in [1.807, 2.05) is 0 Å². The maximum Gasteiger partial charge on any atom is -0.0323 e. The Hall–Kier alpha value is -0.260. The minimum atomic E-state index is 0.813. The highest BCUT2D eigenvalue weighted by atomic mass is 14.0. The first-order valence-corrected chi connectivity index (χ1v) is 4.88. The maximum absolute atomic E-state index is 2.42. The molecule has 0 radical (unpaired) electrons. The fourth-order valence-electron chi connectivity index (χ4n) is 1.15. The smallest absolute Gasteiger partial charge is 0.0323 e. The van der Waals surface area contributed by atoms with Gasteiger partial charge in [0.25, 0.3) is 0 Å². The van der Waals surface area contributed by atoms with Gasteiger partial charge in [0.1, 0.15) is 0 Å². The van der Waals surface area contributed by atoms with Gasteiger partial charge in [-0.15, -0.1) is 0 Å². The monoisotopic (exact) mass is 154 g/mol. The normalized spacial score (nSPS) is 12.6. The van der Waals surface area contributed by atoms with Gasteiger partial charge in [0.2, 0.25) is 0 Å². The molecule has 0 aromatic rings. The molecular weight excluding hydrogens is 132 g/mol. The Morgan fingerprint density at radius 2 is 1.91 bits per heavy atom. The zero-order chi connectivity index (χ0) is 8.69. The molecule has 0 aromatic heterocycles. The highest BCUT2D eigenvalue weighted by Crippen LogP contribution is 2.12. The largest absolute Gasteiger partial charge is 0.0851 e. The molecule has 0 heteroatoms. The number of rotatable bonds is 5. The summed E-state index contributed by atoms with van der Waals surface area (Å²) in [6.45, 7) is 9.05. The van der Waals surface area contributed by atoms with Gasteiger partial charge in [0.05, 0.1) is 0 Å². The van der Waals surface area contributed by atoms with E-state index < -0.39 is 0 Å². The summed E-state index contributed by atoms with van der Waals surface area (Å²) in [6.07, 6.45) is 7.50. The lowest BCUT2D eigenvalue weighted by Gasteiger charge is -2.03. The van der Waals surface area contributed by atoms with Crippen molar-refractivity contribution in [2.24, 2.45) is 5.92 Å². The molecule has 0 saturated heterocycles. The molecule has 66 valence electrons. The van der Waals surface area contributed by atoms with Crippen molar-refractivity contribution >= 4 is 0 Å². The van der Waals surface area contributed by atoms with E-state index in [1.165, 1.54) is 25.7 Å². The molecule has 0 aliphatic rings. The molecule has 0 atom stereocenters. The second kappa shape index (κ2) is 6.45. The molecule has 0 saturated carbocycles. The lowest BCUT2D eigenvalue weighted by molar-refractivity contribution is 0.656. The Morgan fingerprint density at radius 1 is 1.27 bits per heavy atom. The fraction of sp³-hybridized carbons (Fsp3) is 0.818. The van der Waals surface area contributed by atoms with Crippen molar-refractivity contribution in [2.45, 2.75) is 53.4 Å². The zero-order valence-electron chi connectivity index (χ0n) is 8.48. The standard InChI is InChI=1S/C11H22/c1-5-7-11(6-2)9-8-10(3)4/h9-10H,5-8H2,1-4H3. The van der Waals surface area contributed by atoms with Gasteiger partial charge in [0, 0.05) is 0 Å². The highest BCUT2D eigenvalue weighted by molar-refractivity contribution is 5.00. The molecule has 0 heterocycles. The van der Waals surface area contributed by atoms with E-state index in [1.54, 1.807) is 5.57 Å². The van der Waals surface area contributed by atoms with Gasteiger partial charge >= 0.3 is 0 Å². The Kier molecular flexibility index (Phi) is 6.30. The fourth-order valence-corrected chi connectivity index (χ4v) is 1.15. The average molecular weight is 154 g/mol. The van der Waals surface area contributed by atoms with E-state index in [4.69, 9.17) is 0 Å². The van der Waals surface area contributed by atoms with Crippen LogP contribution in [0.1, 0.15) is 53.4 Å². The Labute approximate surface area is 71.7 Å². The van der Waals surface area contributed by atoms with Crippen LogP contribution in [0.2, 0.25) is 0 Å². The van der Waals surface area contributed by atoms with Crippen LogP contribution in [0.4, 0.5) is 0 Å². The summed E-state index contributed by atoms with van der Waals surface area (Å²) in [4.78, 5) is 0. The average Bonchev–Trinajstić information content (AvgIpc) is 1.97. The molecule has 0 unspecified atom stereocenters. The van der Waals surface area contributed by atoms with Crippen LogP contribution in [0, 0.1) is 5.92 Å². The van der Waals surface area contributed by atoms with E-state index in [9.17, 15) is 0 Å². The zero-order valence-corrected chi connectivity index (χ0v) is 8.48. The number of allylic oxidation sites excluding steroid dienone is 2. The first kappa shape index (κ1) is 10.7. The van der Waals surface area contributed by atoms with Gasteiger partial charge in [-0.05, 0) is 25.2 Å². The molecule has 0 amide bonds. The summed E-state index contributed by atoms with van der Waals surface area (Å²) in [5.74, 6) is 0.813. The van der Waals surface area contributed by atoms with E-state index in [0.717, 1.165) is 5.92 Å². The molecule has 0 aliphatic carbocycles. The second-order valence-corrected chi connectivity index (χ2v) is 3.60. The third kappa shape index (κ3) is 6.15. The molecule has 0 aromatic carbocycles. The lowest BCUT2D eigenvalue weighted by Crippen LogP contribution is -1.86. The molecule has 0 aliphatic heterocycles. The van der Waals surface area contributed by atoms with Crippen molar-refractivity contribution < 1.29 is 0 Å². The van der Waals surface area contributed by atoms with Crippen LogP contribution in [0.25, 0.3) is 0 Å². The lowest BCUT2D eigenvalue weighted by atomic mass is 10.0. The molecule has 0 bridgehead atoms. The molecule has 0 rings (SSSR count). The van der Waals surface area contributed by atoms with Crippen molar-refractivity contribution in [1.82, 2.24) is 0 Å². The predicted molar refractivity (Wildman–Crippen MR) is 52.7 cm³/mol. The predicted octanol–water partition coefficient (Wildman–Crippen LogP) is 4.17. The molecule has 0 fully saturated rings. The molecular formula is C11H22. The third-order valence-electron chi connectivity index (χ3n) is 1.90.